The maximum atomic E-state index is 12.6. The van der Waals surface area contributed by atoms with Gasteiger partial charge in [-0.05, 0) is 35.9 Å². The largest absolute Gasteiger partial charge is 0.493 e. The number of alkyl halides is 2. The predicted molar refractivity (Wildman–Crippen MR) is 100 cm³/mol. The summed E-state index contributed by atoms with van der Waals surface area (Å²) in [4.78, 5) is 23.5. The van der Waals surface area contributed by atoms with E-state index in [9.17, 15) is 18.4 Å². The summed E-state index contributed by atoms with van der Waals surface area (Å²) in [7, 11) is 2.61. The Hall–Kier alpha value is -3.42. The molecule has 0 heterocycles. The van der Waals surface area contributed by atoms with Crippen molar-refractivity contribution in [1.29, 1.82) is 0 Å². The molecule has 0 fully saturated rings. The predicted octanol–water partition coefficient (Wildman–Crippen LogP) is 4.16. The highest BCUT2D eigenvalue weighted by molar-refractivity contribution is 6.07. The Bertz CT molecular complexity index is 871. The van der Waals surface area contributed by atoms with Crippen LogP contribution in [0.15, 0.2) is 42.5 Å². The summed E-state index contributed by atoms with van der Waals surface area (Å²) in [5, 5.41) is 2.60. The molecular formula is C20H19F2NO5. The van der Waals surface area contributed by atoms with E-state index in [0.717, 1.165) is 0 Å². The molecule has 0 saturated carbocycles. The van der Waals surface area contributed by atoms with Crippen LogP contribution < -0.4 is 19.5 Å². The molecule has 8 heteroatoms. The topological polar surface area (TPSA) is 73.9 Å². The van der Waals surface area contributed by atoms with Gasteiger partial charge in [0.15, 0.2) is 17.3 Å². The summed E-state index contributed by atoms with van der Waals surface area (Å²) in [6.07, 6.45) is 2.80. The molecule has 0 aliphatic heterocycles. The van der Waals surface area contributed by atoms with Crippen molar-refractivity contribution in [3.63, 3.8) is 0 Å². The summed E-state index contributed by atoms with van der Waals surface area (Å²) in [6, 6.07) is 9.36. The molecule has 1 amide bonds. The molecule has 0 saturated heterocycles. The first-order chi connectivity index (χ1) is 13.3. The first kappa shape index (κ1) is 20.9. The van der Waals surface area contributed by atoms with Crippen LogP contribution in [0.2, 0.25) is 0 Å². The molecule has 0 bridgehead atoms. The van der Waals surface area contributed by atoms with Crippen molar-refractivity contribution in [2.24, 2.45) is 0 Å². The van der Waals surface area contributed by atoms with Gasteiger partial charge in [-0.1, -0.05) is 18.2 Å². The molecule has 148 valence electrons. The van der Waals surface area contributed by atoms with Crippen molar-refractivity contribution in [2.75, 3.05) is 19.5 Å². The highest BCUT2D eigenvalue weighted by atomic mass is 19.3. The van der Waals surface area contributed by atoms with Gasteiger partial charge in [0, 0.05) is 18.2 Å². The fourth-order valence-corrected chi connectivity index (χ4v) is 2.42. The molecule has 0 spiro atoms. The number of benzene rings is 2. The molecule has 2 aromatic carbocycles. The highest BCUT2D eigenvalue weighted by Gasteiger charge is 2.17. The third-order valence-electron chi connectivity index (χ3n) is 3.58. The lowest BCUT2D eigenvalue weighted by atomic mass is 10.1. The van der Waals surface area contributed by atoms with Crippen LogP contribution in [0.5, 0.6) is 17.2 Å². The van der Waals surface area contributed by atoms with Gasteiger partial charge in [-0.15, -0.1) is 0 Å². The lowest BCUT2D eigenvalue weighted by molar-refractivity contribution is -0.114. The Morgan fingerprint density at radius 1 is 1.07 bits per heavy atom. The second kappa shape index (κ2) is 9.50. The van der Waals surface area contributed by atoms with Gasteiger partial charge in [0.25, 0.3) is 0 Å². The van der Waals surface area contributed by atoms with E-state index < -0.39 is 6.61 Å². The molecule has 28 heavy (non-hydrogen) atoms. The van der Waals surface area contributed by atoms with Gasteiger partial charge < -0.3 is 19.5 Å². The molecule has 1 N–H and O–H groups in total. The van der Waals surface area contributed by atoms with Gasteiger partial charge in [-0.3, -0.25) is 9.59 Å². The number of rotatable bonds is 8. The van der Waals surface area contributed by atoms with Gasteiger partial charge in [0.2, 0.25) is 11.7 Å². The number of methoxy groups -OCH3 is 2. The number of amides is 1. The molecule has 2 aromatic rings. The van der Waals surface area contributed by atoms with E-state index in [1.165, 1.54) is 45.4 Å². The van der Waals surface area contributed by atoms with Crippen LogP contribution in [0, 0.1) is 0 Å². The van der Waals surface area contributed by atoms with E-state index in [-0.39, 0.29) is 28.9 Å². The van der Waals surface area contributed by atoms with Gasteiger partial charge >= 0.3 is 6.61 Å². The minimum Gasteiger partial charge on any atom is -0.493 e. The minimum atomic E-state index is -3.04. The number of ether oxygens (including phenoxy) is 3. The third-order valence-corrected chi connectivity index (χ3v) is 3.58. The molecule has 2 rings (SSSR count). The second-order valence-electron chi connectivity index (χ2n) is 5.59. The number of hydrogen-bond donors (Lipinski definition) is 1. The summed E-state index contributed by atoms with van der Waals surface area (Å²) in [6.45, 7) is -1.67. The number of hydrogen-bond acceptors (Lipinski definition) is 5. The zero-order chi connectivity index (χ0) is 20.7. The fraction of sp³-hybridized carbons (Fsp3) is 0.200. The van der Waals surface area contributed by atoms with Crippen LogP contribution in [0.1, 0.15) is 22.8 Å². The van der Waals surface area contributed by atoms with Crippen LogP contribution in [0.4, 0.5) is 14.5 Å². The Balaban J connectivity index is 2.28. The first-order valence-electron chi connectivity index (χ1n) is 8.15. The van der Waals surface area contributed by atoms with Crippen molar-refractivity contribution in [2.45, 2.75) is 13.5 Å². The van der Waals surface area contributed by atoms with Crippen molar-refractivity contribution < 1.29 is 32.6 Å². The second-order valence-corrected chi connectivity index (χ2v) is 5.59. The number of nitrogens with one attached hydrogen (secondary N) is 1. The average Bonchev–Trinajstić information content (AvgIpc) is 2.65. The van der Waals surface area contributed by atoms with Crippen LogP contribution in [0.25, 0.3) is 6.08 Å². The van der Waals surface area contributed by atoms with E-state index >= 15 is 0 Å². The lowest BCUT2D eigenvalue weighted by Gasteiger charge is -2.14. The van der Waals surface area contributed by atoms with Crippen molar-refractivity contribution in [1.82, 2.24) is 0 Å². The number of halogens is 2. The van der Waals surface area contributed by atoms with E-state index in [4.69, 9.17) is 9.47 Å². The molecule has 6 nitrogen and oxygen atoms in total. The van der Waals surface area contributed by atoms with Crippen molar-refractivity contribution in [3.05, 3.63) is 53.6 Å². The molecule has 0 radical (unpaired) electrons. The highest BCUT2D eigenvalue weighted by Crippen LogP contribution is 2.39. The fourth-order valence-electron chi connectivity index (χ4n) is 2.42. The normalized spacial score (nSPS) is 10.8. The number of carbonyl (C=O) groups is 2. The number of anilines is 1. The Kier molecular flexibility index (Phi) is 7.08. The van der Waals surface area contributed by atoms with Gasteiger partial charge in [0.05, 0.1) is 14.2 Å². The van der Waals surface area contributed by atoms with Crippen molar-refractivity contribution in [3.8, 4) is 17.2 Å². The average molecular weight is 391 g/mol. The maximum Gasteiger partial charge on any atom is 0.387 e. The zero-order valence-electron chi connectivity index (χ0n) is 15.5. The minimum absolute atomic E-state index is 0.0411. The molecular weight excluding hydrogens is 372 g/mol. The molecule has 0 aromatic heterocycles. The Labute approximate surface area is 160 Å². The Morgan fingerprint density at radius 2 is 1.71 bits per heavy atom. The number of carbonyl (C=O) groups excluding carboxylic acids is 2. The third kappa shape index (κ3) is 5.54. The zero-order valence-corrected chi connectivity index (χ0v) is 15.5. The summed E-state index contributed by atoms with van der Waals surface area (Å²) in [5.74, 6) is -0.700. The van der Waals surface area contributed by atoms with Gasteiger partial charge in [-0.25, -0.2) is 0 Å². The van der Waals surface area contributed by atoms with E-state index in [1.54, 1.807) is 24.3 Å². The molecule has 0 aliphatic carbocycles. The first-order valence-corrected chi connectivity index (χ1v) is 8.15. The van der Waals surface area contributed by atoms with E-state index in [1.807, 2.05) is 0 Å². The quantitative estimate of drug-likeness (QED) is 0.540. The standard InChI is InChI=1S/C20H19F2NO5/c1-12(24)23-15-6-4-5-14(11-15)16(25)8-7-13-9-17(26-2)19(28-20(21)22)18(10-13)27-3/h4-11,20H,1-3H3,(H,23,24)/b8-7+. The van der Waals surface area contributed by atoms with Crippen LogP contribution in [0.3, 0.4) is 0 Å². The van der Waals surface area contributed by atoms with E-state index in [2.05, 4.69) is 10.1 Å². The van der Waals surface area contributed by atoms with Crippen molar-refractivity contribution >= 4 is 23.5 Å². The smallest absolute Gasteiger partial charge is 0.387 e. The van der Waals surface area contributed by atoms with E-state index in [0.29, 0.717) is 16.8 Å². The van der Waals surface area contributed by atoms with Crippen LogP contribution in [-0.4, -0.2) is 32.5 Å². The number of allylic oxidation sites excluding steroid dienone is 1. The summed E-state index contributed by atoms with van der Waals surface area (Å²) in [5.41, 5.74) is 1.37. The number of ketones is 1. The Morgan fingerprint density at radius 3 is 2.25 bits per heavy atom. The van der Waals surface area contributed by atoms with Crippen LogP contribution in [-0.2, 0) is 4.79 Å². The SMILES string of the molecule is COc1cc(/C=C/C(=O)c2cccc(NC(C)=O)c2)cc(OC)c1OC(F)F. The monoisotopic (exact) mass is 391 g/mol. The molecule has 0 aliphatic rings. The summed E-state index contributed by atoms with van der Waals surface area (Å²) < 4.78 is 39.8. The van der Waals surface area contributed by atoms with Gasteiger partial charge in [-0.2, -0.15) is 8.78 Å². The molecule has 0 unspecified atom stereocenters. The van der Waals surface area contributed by atoms with Gasteiger partial charge in [0.1, 0.15) is 0 Å². The molecule has 0 atom stereocenters. The lowest BCUT2D eigenvalue weighted by Crippen LogP contribution is -2.06. The van der Waals surface area contributed by atoms with Crippen LogP contribution >= 0.6 is 0 Å². The maximum absolute atomic E-state index is 12.6. The summed E-state index contributed by atoms with van der Waals surface area (Å²) >= 11 is 0.